The van der Waals surface area contributed by atoms with Crippen LogP contribution < -0.4 is 4.74 Å². The lowest BCUT2D eigenvalue weighted by molar-refractivity contribution is 0.301. The number of aryl methyl sites for hydroxylation is 1. The molecule has 1 heterocycles. The third-order valence-electron chi connectivity index (χ3n) is 2.83. The molecule has 0 saturated heterocycles. The Bertz CT molecular complexity index is 722. The van der Waals surface area contributed by atoms with Gasteiger partial charge in [-0.1, -0.05) is 17.3 Å². The Morgan fingerprint density at radius 2 is 2.00 bits per heavy atom. The summed E-state index contributed by atoms with van der Waals surface area (Å²) < 4.78 is 7.29. The van der Waals surface area contributed by atoms with Crippen LogP contribution in [0.5, 0.6) is 11.5 Å². The SMILES string of the molecule is Cn1cc(COc2ccc3ccc(O)cc3c2)nn1. The normalized spacial score (nSPS) is 10.8. The molecule has 0 aliphatic carbocycles. The fourth-order valence-corrected chi connectivity index (χ4v) is 1.92. The highest BCUT2D eigenvalue weighted by molar-refractivity contribution is 5.85. The maximum absolute atomic E-state index is 9.47. The molecule has 0 spiro atoms. The lowest BCUT2D eigenvalue weighted by atomic mass is 10.1. The molecule has 0 fully saturated rings. The minimum atomic E-state index is 0.249. The topological polar surface area (TPSA) is 60.2 Å². The molecule has 19 heavy (non-hydrogen) atoms. The van der Waals surface area contributed by atoms with E-state index in [-0.39, 0.29) is 5.75 Å². The minimum Gasteiger partial charge on any atom is -0.508 e. The molecule has 0 saturated carbocycles. The van der Waals surface area contributed by atoms with Crippen LogP contribution >= 0.6 is 0 Å². The summed E-state index contributed by atoms with van der Waals surface area (Å²) in [6.07, 6.45) is 1.81. The molecule has 5 heteroatoms. The van der Waals surface area contributed by atoms with Gasteiger partial charge >= 0.3 is 0 Å². The van der Waals surface area contributed by atoms with Crippen LogP contribution in [0.3, 0.4) is 0 Å². The summed E-state index contributed by atoms with van der Waals surface area (Å²) in [4.78, 5) is 0. The number of phenols is 1. The summed E-state index contributed by atoms with van der Waals surface area (Å²) in [5.74, 6) is 0.988. The van der Waals surface area contributed by atoms with E-state index in [1.54, 1.807) is 16.8 Å². The Hall–Kier alpha value is -2.56. The number of hydrogen-bond donors (Lipinski definition) is 1. The second-order valence-electron chi connectivity index (χ2n) is 4.37. The van der Waals surface area contributed by atoms with Gasteiger partial charge < -0.3 is 9.84 Å². The van der Waals surface area contributed by atoms with Gasteiger partial charge in [-0.2, -0.15) is 0 Å². The van der Waals surface area contributed by atoms with Gasteiger partial charge in [-0.25, -0.2) is 0 Å². The molecule has 0 aliphatic rings. The molecule has 2 aromatic carbocycles. The standard InChI is InChI=1S/C14H13N3O2/c1-17-8-12(15-16-17)9-19-14-5-3-10-2-4-13(18)6-11(10)7-14/h2-8,18H,9H2,1H3. The van der Waals surface area contributed by atoms with Crippen molar-refractivity contribution in [3.63, 3.8) is 0 Å². The largest absolute Gasteiger partial charge is 0.508 e. The van der Waals surface area contributed by atoms with Crippen molar-refractivity contribution in [2.24, 2.45) is 7.05 Å². The maximum Gasteiger partial charge on any atom is 0.134 e. The molecule has 0 unspecified atom stereocenters. The molecule has 3 aromatic rings. The number of fused-ring (bicyclic) bond motifs is 1. The second kappa shape index (κ2) is 4.61. The first-order valence-corrected chi connectivity index (χ1v) is 5.91. The number of rotatable bonds is 3. The van der Waals surface area contributed by atoms with Crippen molar-refractivity contribution in [1.82, 2.24) is 15.0 Å². The first-order valence-electron chi connectivity index (χ1n) is 5.91. The van der Waals surface area contributed by atoms with Gasteiger partial charge in [0.25, 0.3) is 0 Å². The number of nitrogens with zero attached hydrogens (tertiary/aromatic N) is 3. The van der Waals surface area contributed by atoms with Crippen LogP contribution in [0.25, 0.3) is 10.8 Å². The summed E-state index contributed by atoms with van der Waals surface area (Å²) in [5.41, 5.74) is 0.776. The van der Waals surface area contributed by atoms with E-state index in [4.69, 9.17) is 4.74 Å². The zero-order valence-corrected chi connectivity index (χ0v) is 10.4. The quantitative estimate of drug-likeness (QED) is 0.779. The van der Waals surface area contributed by atoms with Crippen molar-refractivity contribution in [2.45, 2.75) is 6.61 Å². The average Bonchev–Trinajstić information content (AvgIpc) is 2.81. The molecule has 0 radical (unpaired) electrons. The maximum atomic E-state index is 9.47. The molecule has 0 aliphatic heterocycles. The van der Waals surface area contributed by atoms with Crippen molar-refractivity contribution >= 4 is 10.8 Å². The third-order valence-corrected chi connectivity index (χ3v) is 2.83. The van der Waals surface area contributed by atoms with E-state index in [9.17, 15) is 5.11 Å². The van der Waals surface area contributed by atoms with Crippen molar-refractivity contribution in [1.29, 1.82) is 0 Å². The highest BCUT2D eigenvalue weighted by Crippen LogP contribution is 2.24. The molecular weight excluding hydrogens is 242 g/mol. The number of phenolic OH excluding ortho intramolecular Hbond substituents is 1. The Morgan fingerprint density at radius 3 is 2.79 bits per heavy atom. The average molecular weight is 255 g/mol. The van der Waals surface area contributed by atoms with Gasteiger partial charge in [-0.3, -0.25) is 4.68 Å². The van der Waals surface area contributed by atoms with E-state index < -0.39 is 0 Å². The van der Waals surface area contributed by atoms with Gasteiger partial charge in [0.05, 0.1) is 6.20 Å². The van der Waals surface area contributed by atoms with Crippen molar-refractivity contribution in [3.05, 3.63) is 48.3 Å². The number of hydrogen-bond acceptors (Lipinski definition) is 4. The van der Waals surface area contributed by atoms with E-state index in [1.807, 2.05) is 37.5 Å². The number of ether oxygens (including phenoxy) is 1. The van der Waals surface area contributed by atoms with Gasteiger partial charge in [-0.05, 0) is 35.0 Å². The lowest BCUT2D eigenvalue weighted by Gasteiger charge is -2.05. The van der Waals surface area contributed by atoms with E-state index >= 15 is 0 Å². The van der Waals surface area contributed by atoms with E-state index in [1.165, 1.54) is 0 Å². The van der Waals surface area contributed by atoms with Gasteiger partial charge in [0, 0.05) is 7.05 Å². The van der Waals surface area contributed by atoms with Gasteiger partial charge in [0.1, 0.15) is 23.8 Å². The first kappa shape index (κ1) is 11.5. The Labute approximate surface area is 110 Å². The molecule has 0 bridgehead atoms. The van der Waals surface area contributed by atoms with E-state index in [2.05, 4.69) is 10.3 Å². The monoisotopic (exact) mass is 255 g/mol. The lowest BCUT2D eigenvalue weighted by Crippen LogP contribution is -1.95. The molecule has 96 valence electrons. The van der Waals surface area contributed by atoms with Crippen LogP contribution in [0.2, 0.25) is 0 Å². The molecule has 5 nitrogen and oxygen atoms in total. The van der Waals surface area contributed by atoms with E-state index in [0.717, 1.165) is 22.2 Å². The first-order chi connectivity index (χ1) is 9.20. The number of aromatic nitrogens is 3. The molecule has 0 amide bonds. The second-order valence-corrected chi connectivity index (χ2v) is 4.37. The van der Waals surface area contributed by atoms with Crippen molar-refractivity contribution < 1.29 is 9.84 Å². The molecule has 0 atom stereocenters. The van der Waals surface area contributed by atoms with Crippen molar-refractivity contribution in [2.75, 3.05) is 0 Å². The van der Waals surface area contributed by atoms with Crippen LogP contribution in [0.15, 0.2) is 42.6 Å². The van der Waals surface area contributed by atoms with Crippen LogP contribution in [-0.2, 0) is 13.7 Å². The Morgan fingerprint density at radius 1 is 1.16 bits per heavy atom. The zero-order chi connectivity index (χ0) is 13.2. The molecule has 1 N–H and O–H groups in total. The summed E-state index contributed by atoms with van der Waals surface area (Å²) in [7, 11) is 1.81. The zero-order valence-electron chi connectivity index (χ0n) is 10.4. The summed E-state index contributed by atoms with van der Waals surface area (Å²) >= 11 is 0. The van der Waals surface area contributed by atoms with Crippen molar-refractivity contribution in [3.8, 4) is 11.5 Å². The van der Waals surface area contributed by atoms with Gasteiger partial charge in [0.2, 0.25) is 0 Å². The van der Waals surface area contributed by atoms with Crippen LogP contribution in [0.1, 0.15) is 5.69 Å². The smallest absolute Gasteiger partial charge is 0.134 e. The van der Waals surface area contributed by atoms with E-state index in [0.29, 0.717) is 6.61 Å². The Balaban J connectivity index is 1.81. The van der Waals surface area contributed by atoms with Crippen LogP contribution in [0, 0.1) is 0 Å². The van der Waals surface area contributed by atoms with Gasteiger partial charge in [-0.15, -0.1) is 5.10 Å². The fourth-order valence-electron chi connectivity index (χ4n) is 1.92. The predicted molar refractivity (Wildman–Crippen MR) is 70.9 cm³/mol. The van der Waals surface area contributed by atoms with Crippen LogP contribution in [0.4, 0.5) is 0 Å². The highest BCUT2D eigenvalue weighted by atomic mass is 16.5. The summed E-state index contributed by atoms with van der Waals surface area (Å²) in [6.45, 7) is 0.373. The highest BCUT2D eigenvalue weighted by Gasteiger charge is 2.02. The van der Waals surface area contributed by atoms with Gasteiger partial charge in [0.15, 0.2) is 0 Å². The third kappa shape index (κ3) is 2.49. The number of aromatic hydroxyl groups is 1. The summed E-state index contributed by atoms with van der Waals surface area (Å²) in [5, 5.41) is 19.3. The van der Waals surface area contributed by atoms with Crippen LogP contribution in [-0.4, -0.2) is 20.1 Å². The fraction of sp³-hybridized carbons (Fsp3) is 0.143. The molecule has 1 aromatic heterocycles. The molecular formula is C14H13N3O2. The minimum absolute atomic E-state index is 0.249. The predicted octanol–water partition coefficient (Wildman–Crippen LogP) is 2.25. The summed E-state index contributed by atoms with van der Waals surface area (Å²) in [6, 6.07) is 11.0. The number of benzene rings is 2. The Kier molecular flexibility index (Phi) is 2.79. The molecule has 3 rings (SSSR count).